The van der Waals surface area contributed by atoms with Crippen molar-refractivity contribution in [2.45, 2.75) is 26.8 Å². The normalized spacial score (nSPS) is 15.4. The molecule has 1 saturated heterocycles. The van der Waals surface area contributed by atoms with Crippen LogP contribution >= 0.6 is 0 Å². The van der Waals surface area contributed by atoms with Crippen molar-refractivity contribution in [2.75, 3.05) is 36.4 Å². The van der Waals surface area contributed by atoms with E-state index in [9.17, 15) is 4.79 Å². The van der Waals surface area contributed by atoms with Gasteiger partial charge < -0.3 is 10.2 Å². The Morgan fingerprint density at radius 2 is 1.84 bits per heavy atom. The zero-order valence-corrected chi connectivity index (χ0v) is 15.1. The van der Waals surface area contributed by atoms with E-state index in [1.165, 1.54) is 6.92 Å². The smallest absolute Gasteiger partial charge is 0.221 e. The van der Waals surface area contributed by atoms with Crippen molar-refractivity contribution in [3.05, 3.63) is 36.4 Å². The minimum absolute atomic E-state index is 0.0841. The van der Waals surface area contributed by atoms with Gasteiger partial charge >= 0.3 is 0 Å². The summed E-state index contributed by atoms with van der Waals surface area (Å²) in [6.45, 7) is 10.0. The average Bonchev–Trinajstić information content (AvgIpc) is 2.62. The molecule has 0 atom stereocenters. The van der Waals surface area contributed by atoms with Crippen molar-refractivity contribution >= 4 is 17.4 Å². The molecule has 0 saturated carbocycles. The zero-order chi connectivity index (χ0) is 17.8. The van der Waals surface area contributed by atoms with Gasteiger partial charge in [-0.2, -0.15) is 0 Å². The number of carbonyl (C=O) groups excluding carboxylic acids is 1. The fourth-order valence-electron chi connectivity index (χ4n) is 3.07. The zero-order valence-electron chi connectivity index (χ0n) is 15.1. The number of hydrogen-bond donors (Lipinski definition) is 1. The van der Waals surface area contributed by atoms with Crippen LogP contribution in [0.1, 0.15) is 20.8 Å². The summed E-state index contributed by atoms with van der Waals surface area (Å²) in [5.74, 6) is 0.837. The highest BCUT2D eigenvalue weighted by Gasteiger charge is 2.20. The van der Waals surface area contributed by atoms with Gasteiger partial charge in [0.1, 0.15) is 0 Å². The van der Waals surface area contributed by atoms with Crippen molar-refractivity contribution < 1.29 is 4.79 Å². The molecule has 1 aromatic carbocycles. The highest BCUT2D eigenvalue weighted by atomic mass is 16.1. The van der Waals surface area contributed by atoms with E-state index < -0.39 is 0 Å². The Bertz CT molecular complexity index is 721. The van der Waals surface area contributed by atoms with Gasteiger partial charge in [0.25, 0.3) is 0 Å². The molecule has 2 heterocycles. The third-order valence-electron chi connectivity index (χ3n) is 4.50. The standard InChI is InChI=1S/C19H25N5O/c1-14(2)23-9-11-24(12-10-23)19-8-7-18(21-22-19)16-5-4-6-17(13-16)20-15(3)25/h4-8,13-14H,9-12H2,1-3H3,(H,20,25). The molecule has 1 amide bonds. The molecule has 1 aliphatic heterocycles. The molecule has 1 fully saturated rings. The first-order valence-corrected chi connectivity index (χ1v) is 8.73. The third kappa shape index (κ3) is 4.33. The number of benzene rings is 1. The van der Waals surface area contributed by atoms with E-state index in [4.69, 9.17) is 0 Å². The Morgan fingerprint density at radius 3 is 2.44 bits per heavy atom. The first-order valence-electron chi connectivity index (χ1n) is 8.73. The van der Waals surface area contributed by atoms with E-state index in [-0.39, 0.29) is 5.91 Å². The summed E-state index contributed by atoms with van der Waals surface area (Å²) in [6.07, 6.45) is 0. The lowest BCUT2D eigenvalue weighted by molar-refractivity contribution is -0.114. The van der Waals surface area contributed by atoms with Crippen LogP contribution in [-0.4, -0.2) is 53.2 Å². The summed E-state index contributed by atoms with van der Waals surface area (Å²) < 4.78 is 0. The average molecular weight is 339 g/mol. The highest BCUT2D eigenvalue weighted by molar-refractivity contribution is 5.89. The van der Waals surface area contributed by atoms with Crippen LogP contribution in [0.2, 0.25) is 0 Å². The summed E-state index contributed by atoms with van der Waals surface area (Å²) >= 11 is 0. The second-order valence-electron chi connectivity index (χ2n) is 6.66. The number of rotatable bonds is 4. The predicted molar refractivity (Wildman–Crippen MR) is 101 cm³/mol. The second-order valence-corrected chi connectivity index (χ2v) is 6.66. The first-order chi connectivity index (χ1) is 12.0. The minimum atomic E-state index is -0.0841. The first kappa shape index (κ1) is 17.4. The third-order valence-corrected chi connectivity index (χ3v) is 4.50. The number of aromatic nitrogens is 2. The second kappa shape index (κ2) is 7.61. The summed E-state index contributed by atoms with van der Waals surface area (Å²) in [7, 11) is 0. The van der Waals surface area contributed by atoms with Crippen molar-refractivity contribution in [3.8, 4) is 11.3 Å². The van der Waals surface area contributed by atoms with Crippen molar-refractivity contribution in [1.82, 2.24) is 15.1 Å². The molecule has 0 radical (unpaired) electrons. The monoisotopic (exact) mass is 339 g/mol. The summed E-state index contributed by atoms with van der Waals surface area (Å²) in [5, 5.41) is 11.6. The number of carbonyl (C=O) groups is 1. The number of anilines is 2. The molecule has 132 valence electrons. The van der Waals surface area contributed by atoms with Crippen molar-refractivity contribution in [2.24, 2.45) is 0 Å². The van der Waals surface area contributed by atoms with Crippen LogP contribution in [0.5, 0.6) is 0 Å². The van der Waals surface area contributed by atoms with E-state index in [2.05, 4.69) is 39.2 Å². The number of hydrogen-bond acceptors (Lipinski definition) is 5. The number of nitrogens with zero attached hydrogens (tertiary/aromatic N) is 4. The Kier molecular flexibility index (Phi) is 5.28. The Balaban J connectivity index is 1.69. The molecular formula is C19H25N5O. The fourth-order valence-corrected chi connectivity index (χ4v) is 3.07. The summed E-state index contributed by atoms with van der Waals surface area (Å²) in [4.78, 5) is 16.0. The fraction of sp³-hybridized carbons (Fsp3) is 0.421. The molecular weight excluding hydrogens is 314 g/mol. The number of amides is 1. The lowest BCUT2D eigenvalue weighted by Gasteiger charge is -2.37. The van der Waals surface area contributed by atoms with Gasteiger partial charge in [-0.3, -0.25) is 9.69 Å². The van der Waals surface area contributed by atoms with Crippen molar-refractivity contribution in [1.29, 1.82) is 0 Å². The van der Waals surface area contributed by atoms with Gasteiger partial charge in [-0.15, -0.1) is 10.2 Å². The van der Waals surface area contributed by atoms with Crippen LogP contribution in [0.15, 0.2) is 36.4 Å². The lowest BCUT2D eigenvalue weighted by Crippen LogP contribution is -2.49. The molecule has 1 N–H and O–H groups in total. The van der Waals surface area contributed by atoms with E-state index in [1.54, 1.807) is 0 Å². The van der Waals surface area contributed by atoms with Gasteiger partial charge in [-0.1, -0.05) is 12.1 Å². The topological polar surface area (TPSA) is 61.4 Å². The number of nitrogens with one attached hydrogen (secondary N) is 1. The number of piperazine rings is 1. The van der Waals surface area contributed by atoms with Gasteiger partial charge in [0.05, 0.1) is 5.69 Å². The van der Waals surface area contributed by atoms with Gasteiger partial charge in [0, 0.05) is 50.4 Å². The molecule has 0 unspecified atom stereocenters. The predicted octanol–water partition coefficient (Wildman–Crippen LogP) is 2.63. The summed E-state index contributed by atoms with van der Waals surface area (Å²) in [6, 6.07) is 12.2. The molecule has 1 aliphatic rings. The molecule has 0 bridgehead atoms. The van der Waals surface area contributed by atoms with Crippen LogP contribution in [0, 0.1) is 0 Å². The molecule has 0 spiro atoms. The van der Waals surface area contributed by atoms with Gasteiger partial charge in [0.15, 0.2) is 5.82 Å². The van der Waals surface area contributed by atoms with E-state index in [0.29, 0.717) is 6.04 Å². The Hall–Kier alpha value is -2.47. The molecule has 1 aromatic heterocycles. The summed E-state index contributed by atoms with van der Waals surface area (Å²) in [5.41, 5.74) is 2.51. The van der Waals surface area contributed by atoms with Gasteiger partial charge in [-0.05, 0) is 38.1 Å². The highest BCUT2D eigenvalue weighted by Crippen LogP contribution is 2.22. The van der Waals surface area contributed by atoms with Crippen LogP contribution in [0.25, 0.3) is 11.3 Å². The molecule has 2 aromatic rings. The molecule has 25 heavy (non-hydrogen) atoms. The molecule has 6 nitrogen and oxygen atoms in total. The largest absolute Gasteiger partial charge is 0.353 e. The van der Waals surface area contributed by atoms with E-state index in [0.717, 1.165) is 48.9 Å². The Morgan fingerprint density at radius 1 is 1.08 bits per heavy atom. The van der Waals surface area contributed by atoms with E-state index >= 15 is 0 Å². The maximum absolute atomic E-state index is 11.2. The lowest BCUT2D eigenvalue weighted by atomic mass is 10.1. The van der Waals surface area contributed by atoms with Crippen LogP contribution < -0.4 is 10.2 Å². The minimum Gasteiger partial charge on any atom is -0.353 e. The molecule has 6 heteroatoms. The van der Waals surface area contributed by atoms with Crippen molar-refractivity contribution in [3.63, 3.8) is 0 Å². The van der Waals surface area contributed by atoms with Gasteiger partial charge in [0.2, 0.25) is 5.91 Å². The van der Waals surface area contributed by atoms with E-state index in [1.807, 2.05) is 36.4 Å². The Labute approximate surface area is 148 Å². The quantitative estimate of drug-likeness (QED) is 0.928. The maximum atomic E-state index is 11.2. The van der Waals surface area contributed by atoms with Crippen LogP contribution in [0.4, 0.5) is 11.5 Å². The van der Waals surface area contributed by atoms with Gasteiger partial charge in [-0.25, -0.2) is 0 Å². The van der Waals surface area contributed by atoms with Crippen LogP contribution in [0.3, 0.4) is 0 Å². The van der Waals surface area contributed by atoms with Crippen LogP contribution in [-0.2, 0) is 4.79 Å². The maximum Gasteiger partial charge on any atom is 0.221 e. The molecule has 0 aliphatic carbocycles. The molecule has 3 rings (SSSR count). The SMILES string of the molecule is CC(=O)Nc1cccc(-c2ccc(N3CCN(C(C)C)CC3)nn2)c1.